The molecule has 0 heterocycles. The Kier molecular flexibility index (Phi) is 7.92. The van der Waals surface area contributed by atoms with Crippen LogP contribution in [0.3, 0.4) is 0 Å². The molecule has 1 saturated carbocycles. The van der Waals surface area contributed by atoms with Crippen LogP contribution in [0.1, 0.15) is 65.7 Å². The third-order valence-electron chi connectivity index (χ3n) is 4.85. The molecule has 2 atom stereocenters. The van der Waals surface area contributed by atoms with Gasteiger partial charge in [0.15, 0.2) is 0 Å². The highest BCUT2D eigenvalue weighted by Crippen LogP contribution is 2.21. The van der Waals surface area contributed by atoms with Crippen LogP contribution in [-0.4, -0.2) is 37.1 Å². The van der Waals surface area contributed by atoms with Crippen LogP contribution in [0.15, 0.2) is 0 Å². The van der Waals surface area contributed by atoms with Crippen molar-refractivity contribution < 1.29 is 0 Å². The fourth-order valence-corrected chi connectivity index (χ4v) is 2.92. The maximum Gasteiger partial charge on any atom is 0.00922 e. The van der Waals surface area contributed by atoms with Crippen LogP contribution >= 0.6 is 0 Å². The molecule has 108 valence electrons. The summed E-state index contributed by atoms with van der Waals surface area (Å²) in [7, 11) is 2.31. The van der Waals surface area contributed by atoms with Gasteiger partial charge in [0.05, 0.1) is 0 Å². The lowest BCUT2D eigenvalue weighted by Gasteiger charge is -2.31. The van der Waals surface area contributed by atoms with E-state index in [0.29, 0.717) is 6.04 Å². The maximum absolute atomic E-state index is 3.66. The van der Waals surface area contributed by atoms with Crippen molar-refractivity contribution in [3.05, 3.63) is 0 Å². The minimum atomic E-state index is 0.662. The minimum Gasteiger partial charge on any atom is -0.314 e. The Balaban J connectivity index is 2.06. The van der Waals surface area contributed by atoms with E-state index in [1.54, 1.807) is 0 Å². The molecule has 18 heavy (non-hydrogen) atoms. The number of rotatable bonds is 8. The zero-order valence-electron chi connectivity index (χ0n) is 13.0. The summed E-state index contributed by atoms with van der Waals surface area (Å²) in [6, 6.07) is 1.53. The molecule has 1 N–H and O–H groups in total. The number of hydrogen-bond donors (Lipinski definition) is 1. The van der Waals surface area contributed by atoms with E-state index in [1.165, 1.54) is 58.0 Å². The van der Waals surface area contributed by atoms with Gasteiger partial charge in [-0.2, -0.15) is 0 Å². The van der Waals surface area contributed by atoms with E-state index in [1.807, 2.05) is 0 Å². The highest BCUT2D eigenvalue weighted by atomic mass is 15.1. The molecule has 1 fully saturated rings. The van der Waals surface area contributed by atoms with E-state index in [9.17, 15) is 0 Å². The Morgan fingerprint density at radius 3 is 2.44 bits per heavy atom. The van der Waals surface area contributed by atoms with E-state index in [4.69, 9.17) is 0 Å². The summed E-state index contributed by atoms with van der Waals surface area (Å²) in [6.07, 6.45) is 9.75. The summed E-state index contributed by atoms with van der Waals surface area (Å²) in [6.45, 7) is 9.36. The van der Waals surface area contributed by atoms with Gasteiger partial charge in [-0.15, -0.1) is 0 Å². The molecule has 0 bridgehead atoms. The molecular formula is C16H34N2. The molecule has 1 aliphatic rings. The van der Waals surface area contributed by atoms with Gasteiger partial charge in [0.1, 0.15) is 0 Å². The lowest BCUT2D eigenvalue weighted by atomic mass is 9.94. The second-order valence-corrected chi connectivity index (χ2v) is 6.25. The van der Waals surface area contributed by atoms with Crippen molar-refractivity contribution >= 4 is 0 Å². The summed E-state index contributed by atoms with van der Waals surface area (Å²) in [5.41, 5.74) is 0. The topological polar surface area (TPSA) is 15.3 Å². The van der Waals surface area contributed by atoms with Crippen LogP contribution < -0.4 is 5.32 Å². The predicted octanol–water partition coefficient (Wildman–Crippen LogP) is 3.67. The molecule has 1 aliphatic carbocycles. The molecule has 0 radical (unpaired) electrons. The van der Waals surface area contributed by atoms with Crippen molar-refractivity contribution in [1.29, 1.82) is 0 Å². The first-order valence-corrected chi connectivity index (χ1v) is 8.08. The average Bonchev–Trinajstić information content (AvgIpc) is 2.43. The van der Waals surface area contributed by atoms with E-state index < -0.39 is 0 Å². The van der Waals surface area contributed by atoms with Gasteiger partial charge in [-0.05, 0) is 52.2 Å². The first-order chi connectivity index (χ1) is 8.65. The van der Waals surface area contributed by atoms with Crippen LogP contribution in [0.5, 0.6) is 0 Å². The number of nitrogens with one attached hydrogen (secondary N) is 1. The van der Waals surface area contributed by atoms with Gasteiger partial charge < -0.3 is 10.2 Å². The van der Waals surface area contributed by atoms with E-state index in [-0.39, 0.29) is 0 Å². The molecule has 0 aromatic carbocycles. The lowest BCUT2D eigenvalue weighted by Crippen LogP contribution is -2.37. The van der Waals surface area contributed by atoms with E-state index in [0.717, 1.165) is 12.0 Å². The Morgan fingerprint density at radius 1 is 1.17 bits per heavy atom. The molecular weight excluding hydrogens is 220 g/mol. The zero-order valence-corrected chi connectivity index (χ0v) is 13.0. The van der Waals surface area contributed by atoms with E-state index >= 15 is 0 Å². The first-order valence-electron chi connectivity index (χ1n) is 8.08. The molecule has 2 nitrogen and oxygen atoms in total. The van der Waals surface area contributed by atoms with Crippen LogP contribution in [0.2, 0.25) is 0 Å². The third kappa shape index (κ3) is 5.71. The quantitative estimate of drug-likeness (QED) is 0.665. The van der Waals surface area contributed by atoms with Crippen molar-refractivity contribution in [1.82, 2.24) is 10.2 Å². The molecule has 2 heteroatoms. The van der Waals surface area contributed by atoms with Gasteiger partial charge in [-0.1, -0.05) is 39.5 Å². The second kappa shape index (κ2) is 8.92. The SMILES string of the molecule is CCC(C)C(C)NCCCN(C)C1CCCCC1. The van der Waals surface area contributed by atoms with Gasteiger partial charge in [0.2, 0.25) is 0 Å². The van der Waals surface area contributed by atoms with Crippen LogP contribution in [0.4, 0.5) is 0 Å². The number of nitrogens with zero attached hydrogens (tertiary/aromatic N) is 1. The van der Waals surface area contributed by atoms with Crippen LogP contribution in [-0.2, 0) is 0 Å². The lowest BCUT2D eigenvalue weighted by molar-refractivity contribution is 0.188. The summed E-state index contributed by atoms with van der Waals surface area (Å²) in [5.74, 6) is 0.793. The standard InChI is InChI=1S/C16H34N2/c1-5-14(2)15(3)17-12-9-13-18(4)16-10-7-6-8-11-16/h14-17H,5-13H2,1-4H3. The maximum atomic E-state index is 3.66. The molecule has 0 amide bonds. The number of hydrogen-bond acceptors (Lipinski definition) is 2. The second-order valence-electron chi connectivity index (χ2n) is 6.25. The minimum absolute atomic E-state index is 0.662. The molecule has 1 rings (SSSR count). The van der Waals surface area contributed by atoms with Gasteiger partial charge in [0.25, 0.3) is 0 Å². The zero-order chi connectivity index (χ0) is 13.4. The van der Waals surface area contributed by atoms with Crippen molar-refractivity contribution in [2.24, 2.45) is 5.92 Å². The van der Waals surface area contributed by atoms with Gasteiger partial charge in [0, 0.05) is 12.1 Å². The summed E-state index contributed by atoms with van der Waals surface area (Å²) < 4.78 is 0. The largest absolute Gasteiger partial charge is 0.314 e. The summed E-state index contributed by atoms with van der Waals surface area (Å²) >= 11 is 0. The Labute approximate surface area is 115 Å². The molecule has 0 spiro atoms. The monoisotopic (exact) mass is 254 g/mol. The van der Waals surface area contributed by atoms with Gasteiger partial charge in [-0.25, -0.2) is 0 Å². The molecule has 0 saturated heterocycles. The summed E-state index contributed by atoms with van der Waals surface area (Å²) in [5, 5.41) is 3.66. The van der Waals surface area contributed by atoms with Gasteiger partial charge in [-0.3, -0.25) is 0 Å². The molecule has 0 aromatic rings. The average molecular weight is 254 g/mol. The van der Waals surface area contributed by atoms with Crippen molar-refractivity contribution in [3.63, 3.8) is 0 Å². The fourth-order valence-electron chi connectivity index (χ4n) is 2.92. The Bertz CT molecular complexity index is 199. The molecule has 2 unspecified atom stereocenters. The highest BCUT2D eigenvalue weighted by Gasteiger charge is 2.17. The van der Waals surface area contributed by atoms with Crippen molar-refractivity contribution in [2.45, 2.75) is 77.8 Å². The van der Waals surface area contributed by atoms with Crippen molar-refractivity contribution in [3.8, 4) is 0 Å². The third-order valence-corrected chi connectivity index (χ3v) is 4.85. The molecule has 0 aliphatic heterocycles. The summed E-state index contributed by atoms with van der Waals surface area (Å²) in [4.78, 5) is 2.59. The highest BCUT2D eigenvalue weighted by molar-refractivity contribution is 4.74. The predicted molar refractivity (Wildman–Crippen MR) is 81.0 cm³/mol. The van der Waals surface area contributed by atoms with Crippen LogP contribution in [0, 0.1) is 5.92 Å². The molecule has 0 aromatic heterocycles. The van der Waals surface area contributed by atoms with Gasteiger partial charge >= 0.3 is 0 Å². The van der Waals surface area contributed by atoms with E-state index in [2.05, 4.69) is 38.0 Å². The Morgan fingerprint density at radius 2 is 1.83 bits per heavy atom. The van der Waals surface area contributed by atoms with Crippen LogP contribution in [0.25, 0.3) is 0 Å². The fraction of sp³-hybridized carbons (Fsp3) is 1.00. The normalized spacial score (nSPS) is 21.2. The first kappa shape index (κ1) is 16.0. The van der Waals surface area contributed by atoms with Crippen molar-refractivity contribution in [2.75, 3.05) is 20.1 Å². The Hall–Kier alpha value is -0.0800. The smallest absolute Gasteiger partial charge is 0.00922 e.